The number of hydrazone groups is 1. The van der Waals surface area contributed by atoms with Crippen LogP contribution in [-0.2, 0) is 14.3 Å². The molecule has 0 amide bonds. The molecule has 6 rings (SSSR count). The number of nitriles is 1. The van der Waals surface area contributed by atoms with Gasteiger partial charge in [0.05, 0.1) is 22.9 Å². The van der Waals surface area contributed by atoms with Crippen molar-refractivity contribution in [2.24, 2.45) is 49.9 Å². The zero-order valence-corrected chi connectivity index (χ0v) is 26.5. The summed E-state index contributed by atoms with van der Waals surface area (Å²) in [5.41, 5.74) is -0.357. The van der Waals surface area contributed by atoms with Crippen molar-refractivity contribution in [3.63, 3.8) is 0 Å². The highest BCUT2D eigenvalue weighted by Gasteiger charge is 2.72. The van der Waals surface area contributed by atoms with Crippen molar-refractivity contribution in [3.8, 4) is 6.07 Å². The van der Waals surface area contributed by atoms with Gasteiger partial charge in [-0.2, -0.15) is 5.26 Å². The number of fused-ring (bicyclic) bond motifs is 8. The number of carbonyl (C=O) groups excluding carboxylic acids is 2. The van der Waals surface area contributed by atoms with Gasteiger partial charge in [-0.25, -0.2) is 10.1 Å². The summed E-state index contributed by atoms with van der Waals surface area (Å²) in [7, 11) is 0. The van der Waals surface area contributed by atoms with Crippen molar-refractivity contribution < 1.29 is 19.4 Å². The predicted octanol–water partition coefficient (Wildman–Crippen LogP) is 5.93. The van der Waals surface area contributed by atoms with E-state index in [2.05, 4.69) is 51.1 Å². The van der Waals surface area contributed by atoms with Crippen molar-refractivity contribution in [2.45, 2.75) is 105 Å². The number of nitro groups is 1. The Labute approximate surface area is 254 Å². The molecule has 0 unspecified atom stereocenters. The third-order valence-electron chi connectivity index (χ3n) is 13.3. The highest BCUT2D eigenvalue weighted by Crippen LogP contribution is 2.76. The Bertz CT molecular complexity index is 1420. The summed E-state index contributed by atoms with van der Waals surface area (Å²) in [6.45, 7) is 13.9. The molecule has 1 spiro atoms. The molecule has 7 atom stereocenters. The van der Waals surface area contributed by atoms with Crippen LogP contribution in [-0.4, -0.2) is 41.2 Å². The first-order valence-electron chi connectivity index (χ1n) is 16.1. The van der Waals surface area contributed by atoms with E-state index in [1.54, 1.807) is 6.92 Å². The maximum Gasteiger partial charge on any atom is 0.192 e. The highest BCUT2D eigenvalue weighted by molar-refractivity contribution is 6.06. The first-order valence-corrected chi connectivity index (χ1v) is 16.1. The lowest BCUT2D eigenvalue weighted by Crippen LogP contribution is -2.66. The smallest absolute Gasteiger partial charge is 0.192 e. The monoisotopic (exact) mass is 590 g/mol. The summed E-state index contributed by atoms with van der Waals surface area (Å²) < 4.78 is 6.77. The molecule has 6 aliphatic rings. The number of hydrogen-bond donors (Lipinski definition) is 1. The minimum atomic E-state index is -0.708. The van der Waals surface area contributed by atoms with Crippen LogP contribution < -0.4 is 5.32 Å². The molecular weight excluding hydrogens is 544 g/mol. The summed E-state index contributed by atoms with van der Waals surface area (Å²) in [6.07, 6.45) is 12.0. The maximum atomic E-state index is 14.6. The topological polar surface area (TPSA) is 135 Å². The second-order valence-corrected chi connectivity index (χ2v) is 16.0. The van der Waals surface area contributed by atoms with E-state index in [-0.39, 0.29) is 57.0 Å². The Kier molecular flexibility index (Phi) is 6.72. The zero-order valence-electron chi connectivity index (χ0n) is 26.5. The van der Waals surface area contributed by atoms with Gasteiger partial charge in [-0.15, -0.1) is 0 Å². The summed E-state index contributed by atoms with van der Waals surface area (Å²) in [5.74, 6) is 0.446. The van der Waals surface area contributed by atoms with Gasteiger partial charge in [0.15, 0.2) is 22.4 Å². The molecule has 9 heteroatoms. The average Bonchev–Trinajstić information content (AvgIpc) is 3.71. The fourth-order valence-corrected chi connectivity index (χ4v) is 10.9. The molecule has 4 saturated carbocycles. The van der Waals surface area contributed by atoms with E-state index in [9.17, 15) is 25.0 Å². The lowest BCUT2D eigenvalue weighted by atomic mass is 9.36. The van der Waals surface area contributed by atoms with Crippen molar-refractivity contribution in [1.82, 2.24) is 5.32 Å². The molecule has 0 heterocycles. The van der Waals surface area contributed by atoms with Crippen molar-refractivity contribution in [2.75, 3.05) is 13.2 Å². The molecule has 1 N–H and O–H groups in total. The minimum Gasteiger partial charge on any atom is -0.373 e. The van der Waals surface area contributed by atoms with Gasteiger partial charge in [-0.3, -0.25) is 9.59 Å². The van der Waals surface area contributed by atoms with Crippen LogP contribution in [0.4, 0.5) is 0 Å². The number of hydrogen-bond acceptors (Lipinski definition) is 6. The minimum absolute atomic E-state index is 0.0197. The molecule has 0 bridgehead atoms. The van der Waals surface area contributed by atoms with Gasteiger partial charge in [0, 0.05) is 23.3 Å². The summed E-state index contributed by atoms with van der Waals surface area (Å²) in [6, 6.07) is 2.22. The number of amidine groups is 1. The van der Waals surface area contributed by atoms with E-state index in [0.717, 1.165) is 63.4 Å². The fraction of sp³-hybridized carbons (Fsp3) is 0.765. The van der Waals surface area contributed by atoms with Crippen LogP contribution in [0.25, 0.3) is 0 Å². The number of ketones is 2. The van der Waals surface area contributed by atoms with Crippen LogP contribution in [0.2, 0.25) is 0 Å². The molecule has 0 aromatic carbocycles. The second-order valence-electron chi connectivity index (χ2n) is 16.0. The molecule has 0 saturated heterocycles. The lowest BCUT2D eigenvalue weighted by molar-refractivity contribution is -0.485. The zero-order chi connectivity index (χ0) is 31.2. The van der Waals surface area contributed by atoms with E-state index in [0.29, 0.717) is 13.2 Å². The largest absolute Gasteiger partial charge is 0.373 e. The average molecular weight is 591 g/mol. The Morgan fingerprint density at radius 3 is 2.47 bits per heavy atom. The van der Waals surface area contributed by atoms with Gasteiger partial charge in [0.1, 0.15) is 6.07 Å². The highest BCUT2D eigenvalue weighted by atomic mass is 16.7. The first-order chi connectivity index (χ1) is 20.1. The first kappa shape index (κ1) is 30.2. The van der Waals surface area contributed by atoms with E-state index in [1.807, 2.05) is 12.2 Å². The number of carbonyl (C=O) groups is 2. The molecule has 6 aliphatic carbocycles. The quantitative estimate of drug-likeness (QED) is 0.138. The third kappa shape index (κ3) is 4.22. The third-order valence-corrected chi connectivity index (χ3v) is 13.3. The molecule has 0 aromatic rings. The van der Waals surface area contributed by atoms with E-state index in [4.69, 9.17) is 4.74 Å². The molecule has 0 aromatic heterocycles. The van der Waals surface area contributed by atoms with E-state index < -0.39 is 21.5 Å². The van der Waals surface area contributed by atoms with Crippen LogP contribution >= 0.6 is 0 Å². The predicted molar refractivity (Wildman–Crippen MR) is 161 cm³/mol. The number of ether oxygens (including phenoxy) is 1. The molecule has 4 fully saturated rings. The van der Waals surface area contributed by atoms with Crippen molar-refractivity contribution in [1.29, 1.82) is 5.26 Å². The van der Waals surface area contributed by atoms with Gasteiger partial charge < -0.3 is 10.1 Å². The number of Topliss-reactive ketones (excluding diaryl/α,β-unsaturated/α-hetero) is 1. The fourth-order valence-electron chi connectivity index (χ4n) is 10.9. The SMILES string of the molecule is C/C(=N\[N+](=O)[O-])NCCO[C@]12CCC(C)(C)C[C@H]1[C@H]1C(=O)C=C3[C@@]4(C)C=C(C#N)C(=O)C5(CC5)[C@@H]4CC[C@@]3(C)[C@]1(C)CC2. The number of rotatable bonds is 5. The van der Waals surface area contributed by atoms with Gasteiger partial charge in [-0.05, 0) is 98.9 Å². The maximum absolute atomic E-state index is 14.6. The van der Waals surface area contributed by atoms with Crippen LogP contribution in [0.5, 0.6) is 0 Å². The van der Waals surface area contributed by atoms with Gasteiger partial charge in [0.25, 0.3) is 0 Å². The van der Waals surface area contributed by atoms with Crippen LogP contribution in [0.1, 0.15) is 99.3 Å². The molecule has 9 nitrogen and oxygen atoms in total. The second kappa shape index (κ2) is 9.57. The van der Waals surface area contributed by atoms with Crippen molar-refractivity contribution >= 4 is 17.4 Å². The van der Waals surface area contributed by atoms with E-state index in [1.165, 1.54) is 0 Å². The van der Waals surface area contributed by atoms with Gasteiger partial charge >= 0.3 is 0 Å². The number of allylic oxidation sites excluding steroid dienone is 4. The number of nitrogens with one attached hydrogen (secondary N) is 1. The summed E-state index contributed by atoms with van der Waals surface area (Å²) in [4.78, 5) is 38.7. The van der Waals surface area contributed by atoms with E-state index >= 15 is 0 Å². The van der Waals surface area contributed by atoms with Crippen LogP contribution in [0, 0.1) is 66.3 Å². The molecule has 43 heavy (non-hydrogen) atoms. The van der Waals surface area contributed by atoms with Gasteiger partial charge in [0.2, 0.25) is 0 Å². The van der Waals surface area contributed by atoms with Crippen LogP contribution in [0.15, 0.2) is 28.4 Å². The molecule has 0 aliphatic heterocycles. The van der Waals surface area contributed by atoms with Crippen molar-refractivity contribution in [3.05, 3.63) is 33.4 Å². The van der Waals surface area contributed by atoms with Gasteiger partial charge in [-0.1, -0.05) is 46.3 Å². The normalized spacial score (nSPS) is 42.3. The summed E-state index contributed by atoms with van der Waals surface area (Å²) >= 11 is 0. The Hall–Kier alpha value is -2.86. The molecule has 232 valence electrons. The summed E-state index contributed by atoms with van der Waals surface area (Å²) in [5, 5.41) is 26.3. The van der Waals surface area contributed by atoms with Crippen LogP contribution in [0.3, 0.4) is 0 Å². The Morgan fingerprint density at radius 2 is 1.81 bits per heavy atom. The Balaban J connectivity index is 1.37. The standard InChI is InChI=1S/C34H46N4O5/c1-21(37-38(41)42)36-15-16-43-34-13-9-29(2,3)19-23(34)27-24(39)17-26-30(4)18-22(20-35)28(40)33(11-12-33)25(30)7-8-31(26,5)32(27,6)10-14-34/h17-18,23,25,27H,7-16,19H2,1-6H3,(H,36,37)/t23-,25+,27-,30-,31+,32+,34-/m0/s1. The number of nitrogens with zero attached hydrogens (tertiary/aromatic N) is 3. The Morgan fingerprint density at radius 1 is 1.12 bits per heavy atom. The lowest BCUT2D eigenvalue weighted by Gasteiger charge is -2.68. The molecule has 0 radical (unpaired) electrons. The molecular formula is C34H46N4O5.